The zero-order valence-corrected chi connectivity index (χ0v) is 21.1. The zero-order chi connectivity index (χ0) is 25.7. The summed E-state index contributed by atoms with van der Waals surface area (Å²) >= 11 is 0. The third-order valence-electron chi connectivity index (χ3n) is 5.92. The highest BCUT2D eigenvalue weighted by Gasteiger charge is 2.29. The standard InChI is InChI=1S/C27H28N4O4S/c1-3-12-35-24-9-10-25(19(2)14-24)26-21(17-31(30-26)23-7-5-4-6-8-23)15-20(16-28)27(32)29-22-11-13-36(33,34)18-22/h4-10,14-15,17,22H,3,11-13,18H2,1-2H3,(H,29,32)/b20-15+/t22-/m1/s1. The van der Waals surface area contributed by atoms with Crippen LogP contribution >= 0.6 is 0 Å². The van der Waals surface area contributed by atoms with Crippen LogP contribution in [0.15, 0.2) is 60.3 Å². The van der Waals surface area contributed by atoms with Crippen molar-refractivity contribution in [2.45, 2.75) is 32.7 Å². The summed E-state index contributed by atoms with van der Waals surface area (Å²) in [4.78, 5) is 12.8. The third kappa shape index (κ3) is 5.83. The molecule has 1 N–H and O–H groups in total. The lowest BCUT2D eigenvalue weighted by Gasteiger charge is -2.10. The van der Waals surface area contributed by atoms with Crippen LogP contribution in [0.3, 0.4) is 0 Å². The van der Waals surface area contributed by atoms with Crippen molar-refractivity contribution in [1.29, 1.82) is 5.26 Å². The van der Waals surface area contributed by atoms with E-state index >= 15 is 0 Å². The van der Waals surface area contributed by atoms with Crippen molar-refractivity contribution in [3.05, 3.63) is 71.4 Å². The molecule has 0 radical (unpaired) electrons. The number of hydrogen-bond acceptors (Lipinski definition) is 6. The predicted molar refractivity (Wildman–Crippen MR) is 138 cm³/mol. The number of para-hydroxylation sites is 1. The van der Waals surface area contributed by atoms with Gasteiger partial charge < -0.3 is 10.1 Å². The van der Waals surface area contributed by atoms with Gasteiger partial charge in [-0.3, -0.25) is 4.79 Å². The Morgan fingerprint density at radius 2 is 2.06 bits per heavy atom. The van der Waals surface area contributed by atoms with Crippen molar-refractivity contribution in [3.8, 4) is 28.8 Å². The van der Waals surface area contributed by atoms with E-state index in [1.807, 2.05) is 68.4 Å². The van der Waals surface area contributed by atoms with E-state index in [1.54, 1.807) is 10.9 Å². The Balaban J connectivity index is 1.72. The van der Waals surface area contributed by atoms with Gasteiger partial charge in [0.1, 0.15) is 23.1 Å². The van der Waals surface area contributed by atoms with E-state index in [2.05, 4.69) is 5.32 Å². The molecular weight excluding hydrogens is 476 g/mol. The first-order chi connectivity index (χ1) is 17.3. The van der Waals surface area contributed by atoms with Gasteiger partial charge in [-0.25, -0.2) is 13.1 Å². The summed E-state index contributed by atoms with van der Waals surface area (Å²) in [6, 6.07) is 16.8. The molecule has 4 rings (SSSR count). The van der Waals surface area contributed by atoms with Crippen molar-refractivity contribution in [1.82, 2.24) is 15.1 Å². The van der Waals surface area contributed by atoms with Crippen LogP contribution in [0.5, 0.6) is 5.75 Å². The Morgan fingerprint density at radius 1 is 1.28 bits per heavy atom. The molecule has 0 unspecified atom stereocenters. The number of rotatable bonds is 8. The Hall–Kier alpha value is -3.90. The molecule has 0 saturated carbocycles. The Kier molecular flexibility index (Phi) is 7.55. The molecule has 1 saturated heterocycles. The number of carbonyl (C=O) groups is 1. The van der Waals surface area contributed by atoms with Gasteiger partial charge in [0.2, 0.25) is 0 Å². The molecule has 8 nitrogen and oxygen atoms in total. The van der Waals surface area contributed by atoms with Gasteiger partial charge in [-0.2, -0.15) is 10.4 Å². The Labute approximate surface area is 211 Å². The fourth-order valence-corrected chi connectivity index (χ4v) is 5.78. The number of carbonyl (C=O) groups excluding carboxylic acids is 1. The molecule has 2 heterocycles. The lowest BCUT2D eigenvalue weighted by molar-refractivity contribution is -0.117. The minimum absolute atomic E-state index is 0.0365. The highest BCUT2D eigenvalue weighted by atomic mass is 32.2. The molecule has 1 amide bonds. The lowest BCUT2D eigenvalue weighted by atomic mass is 10.0. The topological polar surface area (TPSA) is 114 Å². The van der Waals surface area contributed by atoms with Gasteiger partial charge in [-0.1, -0.05) is 25.1 Å². The number of hydrogen-bond donors (Lipinski definition) is 1. The highest BCUT2D eigenvalue weighted by Crippen LogP contribution is 2.31. The second kappa shape index (κ2) is 10.8. The number of sulfone groups is 1. The first kappa shape index (κ1) is 25.2. The summed E-state index contributed by atoms with van der Waals surface area (Å²) in [6.45, 7) is 4.63. The summed E-state index contributed by atoms with van der Waals surface area (Å²) in [5.41, 5.74) is 3.71. The number of amides is 1. The van der Waals surface area contributed by atoms with Gasteiger partial charge in [0.25, 0.3) is 5.91 Å². The second-order valence-electron chi connectivity index (χ2n) is 8.78. The van der Waals surface area contributed by atoms with Crippen LogP contribution in [-0.2, 0) is 14.6 Å². The largest absolute Gasteiger partial charge is 0.494 e. The van der Waals surface area contributed by atoms with E-state index in [1.165, 1.54) is 6.08 Å². The van der Waals surface area contributed by atoms with E-state index < -0.39 is 21.8 Å². The van der Waals surface area contributed by atoms with Gasteiger partial charge in [-0.05, 0) is 61.7 Å². The maximum absolute atomic E-state index is 12.8. The average molecular weight is 505 g/mol. The number of nitriles is 1. The number of aryl methyl sites for hydroxylation is 1. The summed E-state index contributed by atoms with van der Waals surface area (Å²) < 4.78 is 31.0. The molecule has 1 atom stereocenters. The average Bonchev–Trinajstić information content (AvgIpc) is 3.44. The van der Waals surface area contributed by atoms with Crippen molar-refractivity contribution < 1.29 is 17.9 Å². The monoisotopic (exact) mass is 504 g/mol. The van der Waals surface area contributed by atoms with Gasteiger partial charge in [0, 0.05) is 23.4 Å². The zero-order valence-electron chi connectivity index (χ0n) is 20.3. The van der Waals surface area contributed by atoms with Crippen molar-refractivity contribution in [2.24, 2.45) is 0 Å². The van der Waals surface area contributed by atoms with Crippen molar-refractivity contribution >= 4 is 21.8 Å². The molecule has 1 aliphatic heterocycles. The SMILES string of the molecule is CCCOc1ccc(-c2nn(-c3ccccc3)cc2/C=C(\C#N)C(=O)N[C@@H]2CCS(=O)(=O)C2)c(C)c1. The number of aromatic nitrogens is 2. The number of nitrogens with zero attached hydrogens (tertiary/aromatic N) is 3. The molecular formula is C27H28N4O4S. The van der Waals surface area contributed by atoms with Crippen LogP contribution in [-0.4, -0.2) is 48.3 Å². The number of ether oxygens (including phenoxy) is 1. The van der Waals surface area contributed by atoms with E-state index in [-0.39, 0.29) is 17.1 Å². The van der Waals surface area contributed by atoms with Crippen LogP contribution in [0, 0.1) is 18.3 Å². The molecule has 0 bridgehead atoms. The summed E-state index contributed by atoms with van der Waals surface area (Å²) in [5, 5.41) is 17.2. The van der Waals surface area contributed by atoms with Gasteiger partial charge >= 0.3 is 0 Å². The van der Waals surface area contributed by atoms with E-state index in [9.17, 15) is 18.5 Å². The minimum atomic E-state index is -3.16. The smallest absolute Gasteiger partial charge is 0.262 e. The number of nitrogens with one attached hydrogen (secondary N) is 1. The van der Waals surface area contributed by atoms with Crippen LogP contribution in [0.25, 0.3) is 23.0 Å². The van der Waals surface area contributed by atoms with Gasteiger partial charge in [0.05, 0.1) is 23.8 Å². The van der Waals surface area contributed by atoms with Gasteiger partial charge in [-0.15, -0.1) is 0 Å². The third-order valence-corrected chi connectivity index (χ3v) is 7.69. The molecule has 3 aromatic rings. The van der Waals surface area contributed by atoms with Crippen LogP contribution < -0.4 is 10.1 Å². The quantitative estimate of drug-likeness (QED) is 0.368. The first-order valence-electron chi connectivity index (χ1n) is 11.8. The molecule has 36 heavy (non-hydrogen) atoms. The van der Waals surface area contributed by atoms with Crippen LogP contribution in [0.2, 0.25) is 0 Å². The molecule has 2 aromatic carbocycles. The van der Waals surface area contributed by atoms with Crippen molar-refractivity contribution in [2.75, 3.05) is 18.1 Å². The number of benzene rings is 2. The predicted octanol–water partition coefficient (Wildman–Crippen LogP) is 3.85. The fourth-order valence-electron chi connectivity index (χ4n) is 4.10. The second-order valence-corrected chi connectivity index (χ2v) is 11.0. The normalized spacial score (nSPS) is 16.9. The maximum atomic E-state index is 12.8. The summed E-state index contributed by atoms with van der Waals surface area (Å²) in [6.07, 6.45) is 4.52. The molecule has 0 aliphatic carbocycles. The maximum Gasteiger partial charge on any atom is 0.262 e. The Morgan fingerprint density at radius 3 is 2.69 bits per heavy atom. The molecule has 1 aliphatic rings. The van der Waals surface area contributed by atoms with Gasteiger partial charge in [0.15, 0.2) is 9.84 Å². The van der Waals surface area contributed by atoms with E-state index in [0.717, 1.165) is 29.0 Å². The van der Waals surface area contributed by atoms with E-state index in [0.29, 0.717) is 24.3 Å². The molecule has 1 aromatic heterocycles. The minimum Gasteiger partial charge on any atom is -0.494 e. The molecule has 0 spiro atoms. The Bertz CT molecular complexity index is 1440. The van der Waals surface area contributed by atoms with Crippen LogP contribution in [0.1, 0.15) is 30.9 Å². The summed E-state index contributed by atoms with van der Waals surface area (Å²) in [5.74, 6) is 0.0917. The lowest BCUT2D eigenvalue weighted by Crippen LogP contribution is -2.36. The fraction of sp³-hybridized carbons (Fsp3) is 0.296. The summed E-state index contributed by atoms with van der Waals surface area (Å²) in [7, 11) is -3.16. The molecule has 186 valence electrons. The highest BCUT2D eigenvalue weighted by molar-refractivity contribution is 7.91. The van der Waals surface area contributed by atoms with Crippen molar-refractivity contribution in [3.63, 3.8) is 0 Å². The van der Waals surface area contributed by atoms with Crippen LogP contribution in [0.4, 0.5) is 0 Å². The molecule has 9 heteroatoms. The first-order valence-corrected chi connectivity index (χ1v) is 13.6. The molecule has 1 fully saturated rings. The van der Waals surface area contributed by atoms with E-state index in [4.69, 9.17) is 9.84 Å².